The number of allylic oxidation sites excluding steroid dienone is 2. The molecule has 0 aromatic carbocycles. The van der Waals surface area contributed by atoms with Crippen LogP contribution in [-0.2, 0) is 4.84 Å². The summed E-state index contributed by atoms with van der Waals surface area (Å²) >= 11 is 0. The third-order valence-electron chi connectivity index (χ3n) is 0.569. The normalized spacial score (nSPS) is 13.0. The van der Waals surface area contributed by atoms with Crippen LogP contribution < -0.4 is 0 Å². The molecule has 40 valence electrons. The Labute approximate surface area is 50.7 Å². The first-order chi connectivity index (χ1) is 3.50. The van der Waals surface area contributed by atoms with Crippen molar-refractivity contribution in [1.82, 2.24) is 0 Å². The van der Waals surface area contributed by atoms with Crippen LogP contribution in [-0.4, -0.2) is 15.5 Å². The molecule has 1 heterocycles. The Bertz CT molecular complexity index is 116. The van der Waals surface area contributed by atoms with Crippen LogP contribution in [0, 0.1) is 0 Å². The second-order valence-electron chi connectivity index (χ2n) is 1.07. The van der Waals surface area contributed by atoms with Crippen LogP contribution in [0.5, 0.6) is 0 Å². The summed E-state index contributed by atoms with van der Waals surface area (Å²) in [5.41, 5.74) is 0. The minimum absolute atomic E-state index is 0. The van der Waals surface area contributed by atoms with Crippen LogP contribution in [0.25, 0.3) is 0 Å². The summed E-state index contributed by atoms with van der Waals surface area (Å²) in [4.78, 5) is 4.52. The van der Waals surface area contributed by atoms with Crippen LogP contribution in [0.3, 0.4) is 0 Å². The van der Waals surface area contributed by atoms with Gasteiger partial charge >= 0.3 is 41.4 Å². The van der Waals surface area contributed by atoms with Crippen molar-refractivity contribution in [3.8, 4) is 0 Å². The molecular weight excluding hydrogens is 99.7 g/mol. The van der Waals surface area contributed by atoms with Gasteiger partial charge in [-0.25, -0.2) is 0 Å². The Morgan fingerprint density at radius 2 is 2.25 bits per heavy atom. The Kier molecular flexibility index (Phi) is 3.94. The zero-order chi connectivity index (χ0) is 4.95. The van der Waals surface area contributed by atoms with Crippen LogP contribution in [0.4, 0.5) is 0 Å². The van der Waals surface area contributed by atoms with Gasteiger partial charge in [-0.1, -0.05) is 0 Å². The zero-order valence-electron chi connectivity index (χ0n) is 3.74. The number of hydrogen-bond acceptors (Lipinski definition) is 2. The third kappa shape index (κ3) is 2.39. The van der Waals surface area contributed by atoms with E-state index in [2.05, 4.69) is 9.90 Å². The third-order valence-corrected chi connectivity index (χ3v) is 0.569. The molecule has 0 saturated carbocycles. The summed E-state index contributed by atoms with van der Waals surface area (Å²) in [6.07, 6.45) is 5.13. The first-order valence-corrected chi connectivity index (χ1v) is 2.01. The van der Waals surface area contributed by atoms with Crippen LogP contribution in [0.15, 0.2) is 29.4 Å². The van der Waals surface area contributed by atoms with Gasteiger partial charge in [-0.2, -0.15) is 0 Å². The maximum atomic E-state index is 4.52. The molecule has 0 bridgehead atoms. The molecule has 8 heavy (non-hydrogen) atoms. The standard InChI is InChI=1S/C4H4BNO.BH3/c1-2-4-7-6-5-3-1;/h1-4H;1H3. The average Bonchev–Trinajstić information content (AvgIpc) is 1.90. The molecule has 0 fully saturated rings. The van der Waals surface area contributed by atoms with Crippen molar-refractivity contribution >= 4 is 15.5 Å². The van der Waals surface area contributed by atoms with Gasteiger partial charge in [-0.05, 0) is 0 Å². The first kappa shape index (κ1) is 7.21. The fourth-order valence-electron chi connectivity index (χ4n) is 0.300. The monoisotopic (exact) mass is 107 g/mol. The molecule has 2 nitrogen and oxygen atoms in total. The van der Waals surface area contributed by atoms with Gasteiger partial charge in [0.05, 0.1) is 8.41 Å². The fraction of sp³-hybridized carbons (Fsp3) is 0. The van der Waals surface area contributed by atoms with Crippen molar-refractivity contribution in [3.05, 3.63) is 24.4 Å². The van der Waals surface area contributed by atoms with Gasteiger partial charge in [-0.15, -0.1) is 0 Å². The molecular formula is C4H7B2NO. The molecule has 0 spiro atoms. The topological polar surface area (TPSA) is 21.6 Å². The maximum absolute atomic E-state index is 4.52. The van der Waals surface area contributed by atoms with Crippen LogP contribution in [0.1, 0.15) is 0 Å². The van der Waals surface area contributed by atoms with E-state index in [1.807, 2.05) is 6.08 Å². The van der Waals surface area contributed by atoms with E-state index in [4.69, 9.17) is 0 Å². The van der Waals surface area contributed by atoms with E-state index in [-0.39, 0.29) is 8.41 Å². The van der Waals surface area contributed by atoms with Crippen molar-refractivity contribution in [2.24, 2.45) is 5.06 Å². The van der Waals surface area contributed by atoms with E-state index in [0.717, 1.165) is 0 Å². The molecule has 0 saturated heterocycles. The van der Waals surface area contributed by atoms with Gasteiger partial charge in [0.25, 0.3) is 0 Å². The molecule has 0 aromatic heterocycles. The molecule has 1 rings (SSSR count). The Hall–Kier alpha value is -0.790. The number of hydrogen-bond donors (Lipinski definition) is 0. The summed E-state index contributed by atoms with van der Waals surface area (Å²) in [6.45, 7) is 0. The molecule has 0 N–H and O–H groups in total. The van der Waals surface area contributed by atoms with Crippen molar-refractivity contribution in [3.63, 3.8) is 0 Å². The summed E-state index contributed by atoms with van der Waals surface area (Å²) < 4.78 is 0. The quantitative estimate of drug-likeness (QED) is 0.388. The summed E-state index contributed by atoms with van der Waals surface area (Å²) in [6, 6.07) is 0. The summed E-state index contributed by atoms with van der Waals surface area (Å²) in [7, 11) is 1.58. The van der Waals surface area contributed by atoms with Crippen LogP contribution >= 0.6 is 0 Å². The Morgan fingerprint density at radius 3 is 3.12 bits per heavy atom. The van der Waals surface area contributed by atoms with E-state index in [9.17, 15) is 0 Å². The van der Waals surface area contributed by atoms with Gasteiger partial charge in [-0.3, -0.25) is 0 Å². The van der Waals surface area contributed by atoms with Crippen molar-refractivity contribution in [2.45, 2.75) is 0 Å². The SMILES string of the molecule is B.B1=NOC=CC=C1. The minimum atomic E-state index is 0. The first-order valence-electron chi connectivity index (χ1n) is 2.01. The zero-order valence-corrected chi connectivity index (χ0v) is 3.74. The second-order valence-corrected chi connectivity index (χ2v) is 1.07. The van der Waals surface area contributed by atoms with Crippen molar-refractivity contribution in [1.29, 1.82) is 0 Å². The average molecular weight is 107 g/mol. The van der Waals surface area contributed by atoms with Crippen molar-refractivity contribution < 1.29 is 4.84 Å². The predicted molar refractivity (Wildman–Crippen MR) is 37.5 cm³/mol. The van der Waals surface area contributed by atoms with E-state index >= 15 is 0 Å². The van der Waals surface area contributed by atoms with Gasteiger partial charge in [0.15, 0.2) is 0 Å². The van der Waals surface area contributed by atoms with Crippen molar-refractivity contribution in [2.75, 3.05) is 0 Å². The number of rotatable bonds is 0. The molecule has 0 aliphatic carbocycles. The predicted octanol–water partition coefficient (Wildman–Crippen LogP) is -0.337. The summed E-state index contributed by atoms with van der Waals surface area (Å²) in [5.74, 6) is 1.80. The van der Waals surface area contributed by atoms with Gasteiger partial charge in [0, 0.05) is 0 Å². The Morgan fingerprint density at radius 1 is 1.38 bits per heavy atom. The van der Waals surface area contributed by atoms with E-state index in [0.29, 0.717) is 0 Å². The molecule has 1 aliphatic heterocycles. The van der Waals surface area contributed by atoms with E-state index < -0.39 is 0 Å². The molecule has 0 atom stereocenters. The molecule has 0 radical (unpaired) electrons. The van der Waals surface area contributed by atoms with Gasteiger partial charge < -0.3 is 0 Å². The molecule has 0 aromatic rings. The number of nitrogens with zero attached hydrogens (tertiary/aromatic N) is 1. The Balaban J connectivity index is 0.000000490. The fourth-order valence-corrected chi connectivity index (χ4v) is 0.300. The van der Waals surface area contributed by atoms with Crippen LogP contribution in [0.2, 0.25) is 0 Å². The van der Waals surface area contributed by atoms with Gasteiger partial charge in [0.2, 0.25) is 0 Å². The van der Waals surface area contributed by atoms with E-state index in [1.165, 1.54) is 6.26 Å². The second kappa shape index (κ2) is 4.37. The summed E-state index contributed by atoms with van der Waals surface area (Å²) in [5, 5.41) is 3.47. The molecule has 4 heteroatoms. The van der Waals surface area contributed by atoms with Gasteiger partial charge in [0.1, 0.15) is 0 Å². The van der Waals surface area contributed by atoms with E-state index in [1.54, 1.807) is 19.1 Å². The molecule has 1 aliphatic rings. The molecule has 0 unspecified atom stereocenters. The molecule has 0 amide bonds.